The van der Waals surface area contributed by atoms with Gasteiger partial charge in [0, 0.05) is 32.5 Å². The Labute approximate surface area is 175 Å². The summed E-state index contributed by atoms with van der Waals surface area (Å²) in [6.07, 6.45) is 4.34. The van der Waals surface area contributed by atoms with Crippen LogP contribution in [0.15, 0.2) is 54.9 Å². The zero-order valence-corrected chi connectivity index (χ0v) is 17.3. The summed E-state index contributed by atoms with van der Waals surface area (Å²) < 4.78 is 7.07. The normalized spacial score (nSPS) is 17.2. The van der Waals surface area contributed by atoms with Gasteiger partial charge in [-0.25, -0.2) is 4.98 Å². The molecule has 1 aliphatic rings. The Morgan fingerprint density at radius 2 is 1.93 bits per heavy atom. The zero-order valence-electron chi connectivity index (χ0n) is 17.3. The predicted octanol–water partition coefficient (Wildman–Crippen LogP) is 2.07. The Balaban J connectivity index is 1.63. The van der Waals surface area contributed by atoms with Crippen LogP contribution in [-0.2, 0) is 27.3 Å². The summed E-state index contributed by atoms with van der Waals surface area (Å²) in [6, 6.07) is 13.2. The molecular weight excluding hydrogens is 380 g/mol. The highest BCUT2D eigenvalue weighted by molar-refractivity contribution is 5.95. The number of fused-ring (bicyclic) bond motifs is 1. The molecular formula is C23H26N4O3. The van der Waals surface area contributed by atoms with Gasteiger partial charge in [-0.05, 0) is 24.1 Å². The summed E-state index contributed by atoms with van der Waals surface area (Å²) in [5.74, 6) is -0.115. The minimum absolute atomic E-state index is 0.0459. The van der Waals surface area contributed by atoms with Crippen molar-refractivity contribution in [2.24, 2.45) is 0 Å². The van der Waals surface area contributed by atoms with Gasteiger partial charge in [-0.2, -0.15) is 0 Å². The largest absolute Gasteiger partial charge is 0.383 e. The van der Waals surface area contributed by atoms with Gasteiger partial charge in [0.1, 0.15) is 11.7 Å². The molecule has 0 spiro atoms. The van der Waals surface area contributed by atoms with E-state index in [0.717, 1.165) is 22.5 Å². The Morgan fingerprint density at radius 1 is 1.13 bits per heavy atom. The number of piperazine rings is 1. The van der Waals surface area contributed by atoms with Gasteiger partial charge >= 0.3 is 0 Å². The first kappa shape index (κ1) is 20.1. The van der Waals surface area contributed by atoms with Gasteiger partial charge in [0.2, 0.25) is 11.8 Å². The van der Waals surface area contributed by atoms with Crippen LogP contribution >= 0.6 is 0 Å². The van der Waals surface area contributed by atoms with Crippen molar-refractivity contribution in [3.8, 4) is 0 Å². The molecule has 0 bridgehead atoms. The van der Waals surface area contributed by atoms with E-state index in [4.69, 9.17) is 9.72 Å². The van der Waals surface area contributed by atoms with Crippen LogP contribution in [0.1, 0.15) is 16.8 Å². The van der Waals surface area contributed by atoms with E-state index < -0.39 is 6.04 Å². The number of nitrogens with zero attached hydrogens (tertiary/aromatic N) is 4. The molecule has 0 N–H and O–H groups in total. The maximum atomic E-state index is 13.3. The van der Waals surface area contributed by atoms with E-state index in [1.165, 1.54) is 0 Å². The number of hydrogen-bond donors (Lipinski definition) is 0. The molecule has 1 saturated heterocycles. The molecule has 4 rings (SSSR count). The molecule has 7 heteroatoms. The number of methoxy groups -OCH3 is 1. The van der Waals surface area contributed by atoms with Crippen LogP contribution in [0.3, 0.4) is 0 Å². The van der Waals surface area contributed by atoms with E-state index in [0.29, 0.717) is 26.1 Å². The van der Waals surface area contributed by atoms with Crippen molar-refractivity contribution in [2.75, 3.05) is 26.8 Å². The molecule has 156 valence electrons. The molecule has 1 fully saturated rings. The Hall–Kier alpha value is -3.19. The van der Waals surface area contributed by atoms with Gasteiger partial charge in [-0.1, -0.05) is 36.4 Å². The van der Waals surface area contributed by atoms with Crippen LogP contribution < -0.4 is 0 Å². The SMILES string of the molecule is COCCN1CC(=O)N(Cc2cn3cccc(C)c3n2)[C@H](Cc2ccccc2)C1=O. The number of aromatic nitrogens is 2. The van der Waals surface area contributed by atoms with Crippen molar-refractivity contribution in [1.29, 1.82) is 0 Å². The molecule has 0 radical (unpaired) electrons. The number of aryl methyl sites for hydroxylation is 1. The van der Waals surface area contributed by atoms with Crippen molar-refractivity contribution in [2.45, 2.75) is 25.9 Å². The molecule has 1 aliphatic heterocycles. The number of benzene rings is 1. The molecule has 1 aromatic carbocycles. The van der Waals surface area contributed by atoms with Gasteiger partial charge in [0.05, 0.1) is 25.4 Å². The third kappa shape index (κ3) is 4.07. The van der Waals surface area contributed by atoms with E-state index >= 15 is 0 Å². The monoisotopic (exact) mass is 406 g/mol. The number of ether oxygens (including phenoxy) is 1. The van der Waals surface area contributed by atoms with Gasteiger partial charge in [-0.15, -0.1) is 0 Å². The molecule has 0 aliphatic carbocycles. The van der Waals surface area contributed by atoms with Crippen LogP contribution in [0.2, 0.25) is 0 Å². The lowest BCUT2D eigenvalue weighted by atomic mass is 10.0. The summed E-state index contributed by atoms with van der Waals surface area (Å²) in [4.78, 5) is 34.3. The standard InChI is InChI=1S/C23H26N4O3/c1-17-7-6-10-25-14-19(24-22(17)25)15-27-20(13-18-8-4-3-5-9-18)23(29)26(11-12-30-2)16-21(27)28/h3-10,14,20H,11-13,15-16H2,1-2H3/t20-/m1/s1. The van der Waals surface area contributed by atoms with Crippen LogP contribution in [-0.4, -0.2) is 63.8 Å². The number of pyridine rings is 1. The van der Waals surface area contributed by atoms with Gasteiger partial charge in [0.15, 0.2) is 0 Å². The maximum Gasteiger partial charge on any atom is 0.246 e. The second kappa shape index (κ2) is 8.67. The van der Waals surface area contributed by atoms with Crippen molar-refractivity contribution >= 4 is 17.5 Å². The molecule has 2 amide bonds. The number of amides is 2. The minimum atomic E-state index is -0.559. The number of imidazole rings is 1. The fourth-order valence-electron chi connectivity index (χ4n) is 3.93. The lowest BCUT2D eigenvalue weighted by Crippen LogP contribution is -2.60. The lowest BCUT2D eigenvalue weighted by molar-refractivity contribution is -0.157. The topological polar surface area (TPSA) is 67.2 Å². The molecule has 0 saturated carbocycles. The first-order chi connectivity index (χ1) is 14.6. The number of carbonyl (C=O) groups excluding carboxylic acids is 2. The molecule has 2 aromatic heterocycles. The van der Waals surface area contributed by atoms with E-state index in [2.05, 4.69) is 0 Å². The van der Waals surface area contributed by atoms with E-state index in [1.807, 2.05) is 66.2 Å². The molecule has 1 atom stereocenters. The predicted molar refractivity (Wildman–Crippen MR) is 113 cm³/mol. The molecule has 30 heavy (non-hydrogen) atoms. The fraction of sp³-hybridized carbons (Fsp3) is 0.348. The Bertz CT molecular complexity index is 1050. The summed E-state index contributed by atoms with van der Waals surface area (Å²) in [7, 11) is 1.59. The quantitative estimate of drug-likeness (QED) is 0.603. The summed E-state index contributed by atoms with van der Waals surface area (Å²) in [6.45, 7) is 3.20. The van der Waals surface area contributed by atoms with Gasteiger partial charge in [-0.3, -0.25) is 9.59 Å². The van der Waals surface area contributed by atoms with Crippen LogP contribution in [0.5, 0.6) is 0 Å². The molecule has 3 aromatic rings. The highest BCUT2D eigenvalue weighted by Gasteiger charge is 2.39. The average Bonchev–Trinajstić information content (AvgIpc) is 3.17. The van der Waals surface area contributed by atoms with Crippen molar-refractivity contribution < 1.29 is 14.3 Å². The Kier molecular flexibility index (Phi) is 5.81. The van der Waals surface area contributed by atoms with Crippen molar-refractivity contribution in [3.63, 3.8) is 0 Å². The first-order valence-corrected chi connectivity index (χ1v) is 10.1. The molecule has 7 nitrogen and oxygen atoms in total. The first-order valence-electron chi connectivity index (χ1n) is 10.1. The molecule has 0 unspecified atom stereocenters. The second-order valence-electron chi connectivity index (χ2n) is 7.63. The second-order valence-corrected chi connectivity index (χ2v) is 7.63. The van der Waals surface area contributed by atoms with E-state index in [9.17, 15) is 9.59 Å². The van der Waals surface area contributed by atoms with Gasteiger partial charge < -0.3 is 18.9 Å². The van der Waals surface area contributed by atoms with Crippen LogP contribution in [0.25, 0.3) is 5.65 Å². The van der Waals surface area contributed by atoms with Crippen LogP contribution in [0, 0.1) is 6.92 Å². The maximum absolute atomic E-state index is 13.3. The third-order valence-corrected chi connectivity index (χ3v) is 5.52. The van der Waals surface area contributed by atoms with E-state index in [-0.39, 0.29) is 18.4 Å². The minimum Gasteiger partial charge on any atom is -0.383 e. The fourth-order valence-corrected chi connectivity index (χ4v) is 3.93. The number of hydrogen-bond acceptors (Lipinski definition) is 4. The molecule has 3 heterocycles. The Morgan fingerprint density at radius 3 is 2.67 bits per heavy atom. The summed E-state index contributed by atoms with van der Waals surface area (Å²) in [5.41, 5.74) is 3.72. The van der Waals surface area contributed by atoms with Crippen molar-refractivity contribution in [3.05, 3.63) is 71.7 Å². The summed E-state index contributed by atoms with van der Waals surface area (Å²) in [5, 5.41) is 0. The van der Waals surface area contributed by atoms with E-state index in [1.54, 1.807) is 16.9 Å². The highest BCUT2D eigenvalue weighted by Crippen LogP contribution is 2.21. The number of rotatable bonds is 7. The van der Waals surface area contributed by atoms with Crippen LogP contribution in [0.4, 0.5) is 0 Å². The smallest absolute Gasteiger partial charge is 0.246 e. The average molecular weight is 406 g/mol. The highest BCUT2D eigenvalue weighted by atomic mass is 16.5. The number of carbonyl (C=O) groups is 2. The van der Waals surface area contributed by atoms with Gasteiger partial charge in [0.25, 0.3) is 0 Å². The lowest BCUT2D eigenvalue weighted by Gasteiger charge is -2.40. The zero-order chi connectivity index (χ0) is 21.1. The third-order valence-electron chi connectivity index (χ3n) is 5.52. The summed E-state index contributed by atoms with van der Waals surface area (Å²) >= 11 is 0. The van der Waals surface area contributed by atoms with Crippen molar-refractivity contribution in [1.82, 2.24) is 19.2 Å².